The molecule has 0 bridgehead atoms. The summed E-state index contributed by atoms with van der Waals surface area (Å²) in [5.74, 6) is 1.47. The second-order valence-electron chi connectivity index (χ2n) is 6.23. The van der Waals surface area contributed by atoms with Crippen molar-refractivity contribution in [3.05, 3.63) is 78.1 Å². The summed E-state index contributed by atoms with van der Waals surface area (Å²) >= 11 is 0. The Bertz CT molecular complexity index is 1120. The molecule has 28 heavy (non-hydrogen) atoms. The molecule has 0 amide bonds. The van der Waals surface area contributed by atoms with Gasteiger partial charge >= 0.3 is 0 Å². The van der Waals surface area contributed by atoms with E-state index in [0.29, 0.717) is 12.4 Å². The van der Waals surface area contributed by atoms with Crippen molar-refractivity contribution in [2.45, 2.75) is 13.5 Å². The highest BCUT2D eigenvalue weighted by atomic mass is 35.5. The Hall–Kier alpha value is -2.96. The van der Waals surface area contributed by atoms with E-state index >= 15 is 0 Å². The zero-order chi connectivity index (χ0) is 17.5. The van der Waals surface area contributed by atoms with Crippen molar-refractivity contribution < 1.29 is 0 Å². The lowest BCUT2D eigenvalue weighted by atomic mass is 10.1. The van der Waals surface area contributed by atoms with E-state index < -0.39 is 0 Å². The molecule has 1 aliphatic rings. The van der Waals surface area contributed by atoms with Gasteiger partial charge in [-0.25, -0.2) is 0 Å². The molecule has 0 N–H and O–H groups in total. The van der Waals surface area contributed by atoms with E-state index in [2.05, 4.69) is 40.5 Å². The normalized spacial score (nSPS) is 12.0. The molecule has 0 atom stereocenters. The molecule has 0 radical (unpaired) electrons. The van der Waals surface area contributed by atoms with Crippen LogP contribution in [-0.4, -0.2) is 30.4 Å². The second kappa shape index (κ2) is 7.96. The number of aromatic nitrogens is 5. The van der Waals surface area contributed by atoms with Crippen LogP contribution in [0.5, 0.6) is 0 Å². The van der Waals surface area contributed by atoms with Crippen molar-refractivity contribution in [1.29, 1.82) is 0 Å². The highest BCUT2D eigenvalue weighted by Crippen LogP contribution is 2.28. The van der Waals surface area contributed by atoms with Gasteiger partial charge in [-0.05, 0) is 18.6 Å². The third kappa shape index (κ3) is 3.32. The van der Waals surface area contributed by atoms with Gasteiger partial charge in [-0.15, -0.1) is 35.0 Å². The van der Waals surface area contributed by atoms with Crippen LogP contribution < -0.4 is 0 Å². The number of hydrogen-bond acceptors (Lipinski definition) is 4. The monoisotopic (exact) mass is 412 g/mol. The third-order valence-corrected chi connectivity index (χ3v) is 4.50. The smallest absolute Gasteiger partial charge is 0.203 e. The van der Waals surface area contributed by atoms with Gasteiger partial charge in [0, 0.05) is 5.56 Å². The molecule has 0 saturated heterocycles. The van der Waals surface area contributed by atoms with Crippen molar-refractivity contribution in [3.63, 3.8) is 0 Å². The van der Waals surface area contributed by atoms with E-state index in [0.717, 1.165) is 34.1 Å². The fraction of sp³-hybridized carbons (Fsp3) is 0.100. The van der Waals surface area contributed by atoms with Crippen LogP contribution in [0, 0.1) is 6.92 Å². The van der Waals surface area contributed by atoms with E-state index in [1.54, 1.807) is 4.68 Å². The predicted molar refractivity (Wildman–Crippen MR) is 114 cm³/mol. The minimum Gasteiger partial charge on any atom is -0.255 e. The maximum atomic E-state index is 4.82. The average molecular weight is 413 g/mol. The third-order valence-electron chi connectivity index (χ3n) is 4.50. The van der Waals surface area contributed by atoms with E-state index in [-0.39, 0.29) is 24.8 Å². The van der Waals surface area contributed by atoms with Crippen LogP contribution in [0.3, 0.4) is 0 Å². The van der Waals surface area contributed by atoms with Crippen molar-refractivity contribution in [3.8, 4) is 22.8 Å². The summed E-state index contributed by atoms with van der Waals surface area (Å²) in [5.41, 5.74) is 4.91. The van der Waals surface area contributed by atoms with Crippen LogP contribution in [0.4, 0.5) is 0 Å². The van der Waals surface area contributed by atoms with E-state index in [1.807, 2.05) is 48.0 Å². The first kappa shape index (κ1) is 19.8. The van der Waals surface area contributed by atoms with Crippen LogP contribution in [0.2, 0.25) is 0 Å². The van der Waals surface area contributed by atoms with Gasteiger partial charge in [0.15, 0.2) is 5.82 Å². The molecule has 4 aromatic rings. The summed E-state index contributed by atoms with van der Waals surface area (Å²) in [5, 5.41) is 18.2. The predicted octanol–water partition coefficient (Wildman–Crippen LogP) is 4.23. The minimum atomic E-state index is 0. The zero-order valence-corrected chi connectivity index (χ0v) is 16.7. The fourth-order valence-corrected chi connectivity index (χ4v) is 3.18. The van der Waals surface area contributed by atoms with Crippen molar-refractivity contribution in [1.82, 2.24) is 24.7 Å². The van der Waals surface area contributed by atoms with Crippen LogP contribution in [0.25, 0.3) is 22.8 Å². The molecule has 2 aromatic carbocycles. The molecule has 3 heterocycles. The first-order chi connectivity index (χ1) is 12.8. The molecule has 142 valence electrons. The Kier molecular flexibility index (Phi) is 5.63. The molecule has 0 unspecified atom stereocenters. The number of benzene rings is 2. The van der Waals surface area contributed by atoms with E-state index in [4.69, 9.17) is 10.2 Å². The number of halogens is 2. The highest BCUT2D eigenvalue weighted by Gasteiger charge is 2.23. The number of fused-ring (bicyclic) bond motifs is 3. The quantitative estimate of drug-likeness (QED) is 0.494. The standard InChI is InChI=1S/C20H16N6.2ClH/c1-14-21-22-20-19-12-17(15-8-4-2-5-9-15)23-25(19)13-18(24-26(14)20)16-10-6-3-7-11-16;;/h2-12H,13H2,1H3;2*1H. The second-order valence-corrected chi connectivity index (χ2v) is 6.23. The number of hydrogen-bond donors (Lipinski definition) is 0. The Balaban J connectivity index is 0.00000112. The van der Waals surface area contributed by atoms with Gasteiger partial charge in [0.05, 0.1) is 18.0 Å². The van der Waals surface area contributed by atoms with Gasteiger partial charge in [0.1, 0.15) is 5.69 Å². The summed E-state index contributed by atoms with van der Waals surface area (Å²) in [4.78, 5) is 0. The molecule has 0 saturated carbocycles. The summed E-state index contributed by atoms with van der Waals surface area (Å²) in [7, 11) is 0. The molecular weight excluding hydrogens is 395 g/mol. The number of nitrogens with zero attached hydrogens (tertiary/aromatic N) is 6. The minimum absolute atomic E-state index is 0. The molecule has 1 aliphatic heterocycles. The largest absolute Gasteiger partial charge is 0.255 e. The zero-order valence-electron chi connectivity index (χ0n) is 15.1. The van der Waals surface area contributed by atoms with Gasteiger partial charge in [-0.3, -0.25) is 4.68 Å². The molecule has 0 fully saturated rings. The van der Waals surface area contributed by atoms with Crippen LogP contribution >= 0.6 is 24.8 Å². The van der Waals surface area contributed by atoms with Crippen LogP contribution in [0.15, 0.2) is 71.8 Å². The maximum Gasteiger partial charge on any atom is 0.203 e. The maximum absolute atomic E-state index is 4.82. The van der Waals surface area contributed by atoms with E-state index in [9.17, 15) is 0 Å². The SMILES string of the molecule is Cc1nnc2n1N=C(c1ccccc1)Cn1nc(-c3ccccc3)cc1-2.Cl.Cl. The van der Waals surface area contributed by atoms with Gasteiger partial charge < -0.3 is 0 Å². The van der Waals surface area contributed by atoms with Crippen LogP contribution in [0.1, 0.15) is 11.4 Å². The molecule has 0 aliphatic carbocycles. The first-order valence-corrected chi connectivity index (χ1v) is 8.48. The molecule has 2 aromatic heterocycles. The summed E-state index contributed by atoms with van der Waals surface area (Å²) < 4.78 is 3.76. The summed E-state index contributed by atoms with van der Waals surface area (Å²) in [6.07, 6.45) is 0. The lowest BCUT2D eigenvalue weighted by Gasteiger charge is -2.06. The van der Waals surface area contributed by atoms with E-state index in [1.165, 1.54) is 0 Å². The van der Waals surface area contributed by atoms with Gasteiger partial charge in [0.2, 0.25) is 5.82 Å². The van der Waals surface area contributed by atoms with Gasteiger partial charge in [0.25, 0.3) is 0 Å². The highest BCUT2D eigenvalue weighted by molar-refractivity contribution is 6.01. The van der Waals surface area contributed by atoms with Crippen molar-refractivity contribution in [2.24, 2.45) is 5.10 Å². The molecule has 0 spiro atoms. The fourth-order valence-electron chi connectivity index (χ4n) is 3.18. The van der Waals surface area contributed by atoms with Gasteiger partial charge in [-0.2, -0.15) is 14.9 Å². The molecule has 5 rings (SSSR count). The van der Waals surface area contributed by atoms with Crippen LogP contribution in [-0.2, 0) is 6.54 Å². The topological polar surface area (TPSA) is 60.9 Å². The molecule has 6 nitrogen and oxygen atoms in total. The summed E-state index contributed by atoms with van der Waals surface area (Å²) in [6.45, 7) is 2.49. The lowest BCUT2D eigenvalue weighted by Crippen LogP contribution is -2.13. The first-order valence-electron chi connectivity index (χ1n) is 8.48. The lowest BCUT2D eigenvalue weighted by molar-refractivity contribution is 0.735. The Morgan fingerprint density at radius 2 is 1.46 bits per heavy atom. The Morgan fingerprint density at radius 1 is 0.821 bits per heavy atom. The van der Waals surface area contributed by atoms with Gasteiger partial charge in [-0.1, -0.05) is 60.7 Å². The molecule has 8 heteroatoms. The number of rotatable bonds is 2. The van der Waals surface area contributed by atoms with Crippen molar-refractivity contribution >= 4 is 30.5 Å². The number of aryl methyl sites for hydroxylation is 1. The average Bonchev–Trinajstić information content (AvgIpc) is 3.23. The van der Waals surface area contributed by atoms with Crippen molar-refractivity contribution in [2.75, 3.05) is 0 Å². The molecular formula is C20H18Cl2N6. The Morgan fingerprint density at radius 3 is 2.14 bits per heavy atom. The summed E-state index contributed by atoms with van der Waals surface area (Å²) in [6, 6.07) is 22.4. The Labute approximate surface area is 174 Å².